The van der Waals surface area contributed by atoms with E-state index in [4.69, 9.17) is 0 Å². The Kier molecular flexibility index (Phi) is 7.07. The Morgan fingerprint density at radius 3 is 2.37 bits per heavy atom. The molecule has 0 atom stereocenters. The molecular weight excluding hydrogens is 434 g/mol. The lowest BCUT2D eigenvalue weighted by Gasteiger charge is -2.34. The van der Waals surface area contributed by atoms with E-state index in [0.717, 1.165) is 61.8 Å². The number of hydrogen-bond acceptors (Lipinski definition) is 6. The fraction of sp³-hybridized carbons (Fsp3) is 0.286. The van der Waals surface area contributed by atoms with E-state index in [1.807, 2.05) is 6.20 Å². The minimum Gasteiger partial charge on any atom is -0.297 e. The number of tetrazole rings is 1. The summed E-state index contributed by atoms with van der Waals surface area (Å²) in [5.74, 6) is 0.666. The average Bonchev–Trinajstić information content (AvgIpc) is 3.35. The molecule has 0 bridgehead atoms. The second kappa shape index (κ2) is 10.7. The van der Waals surface area contributed by atoms with Crippen LogP contribution in [0.2, 0.25) is 0 Å². The third kappa shape index (κ3) is 5.53. The van der Waals surface area contributed by atoms with Crippen molar-refractivity contribution < 1.29 is 0 Å². The third-order valence-corrected chi connectivity index (χ3v) is 6.52. The van der Waals surface area contributed by atoms with Gasteiger partial charge in [-0.05, 0) is 58.7 Å². The zero-order valence-corrected chi connectivity index (χ0v) is 20.4. The van der Waals surface area contributed by atoms with Crippen molar-refractivity contribution in [3.8, 4) is 17.2 Å². The molecule has 0 aliphatic carbocycles. The first-order chi connectivity index (χ1) is 17.2. The van der Waals surface area contributed by atoms with Gasteiger partial charge in [-0.3, -0.25) is 14.8 Å². The molecule has 5 rings (SSSR count). The number of nitrogens with zero attached hydrogens (tertiary/aromatic N) is 7. The maximum Gasteiger partial charge on any atom is 0.205 e. The van der Waals surface area contributed by atoms with Gasteiger partial charge < -0.3 is 0 Å². The van der Waals surface area contributed by atoms with Crippen LogP contribution in [0.15, 0.2) is 72.9 Å². The molecule has 0 unspecified atom stereocenters. The van der Waals surface area contributed by atoms with Gasteiger partial charge in [0.15, 0.2) is 0 Å². The van der Waals surface area contributed by atoms with E-state index in [-0.39, 0.29) is 0 Å². The van der Waals surface area contributed by atoms with Crippen LogP contribution >= 0.6 is 0 Å². The molecule has 7 heteroatoms. The summed E-state index contributed by atoms with van der Waals surface area (Å²) in [4.78, 5) is 9.61. The van der Waals surface area contributed by atoms with Gasteiger partial charge in [0.2, 0.25) is 5.82 Å². The van der Waals surface area contributed by atoms with Gasteiger partial charge in [0, 0.05) is 45.5 Å². The van der Waals surface area contributed by atoms with Crippen LogP contribution in [0.4, 0.5) is 0 Å². The Bertz CT molecular complexity index is 1270. The van der Waals surface area contributed by atoms with Crippen molar-refractivity contribution in [2.24, 2.45) is 0 Å². The molecule has 1 fully saturated rings. The van der Waals surface area contributed by atoms with Gasteiger partial charge >= 0.3 is 0 Å². The summed E-state index contributed by atoms with van der Waals surface area (Å²) in [7, 11) is 0. The molecule has 4 aromatic rings. The maximum absolute atomic E-state index is 4.59. The largest absolute Gasteiger partial charge is 0.297 e. The second-order valence-electron chi connectivity index (χ2n) is 9.09. The predicted octanol–water partition coefficient (Wildman–Crippen LogP) is 4.17. The van der Waals surface area contributed by atoms with Crippen LogP contribution in [-0.2, 0) is 6.54 Å². The first-order valence-corrected chi connectivity index (χ1v) is 12.1. The minimum atomic E-state index is 0.666. The van der Waals surface area contributed by atoms with Crippen LogP contribution in [-0.4, -0.2) is 67.7 Å². The zero-order chi connectivity index (χ0) is 24.0. The molecule has 7 nitrogen and oxygen atoms in total. The number of hydrogen-bond donors (Lipinski definition) is 0. The molecule has 0 amide bonds. The SMILES string of the molecule is Cc1cccc(C)c1-n1nnnc1-c1cc(CN2CCN(CC=Cc3ccccc3)CC2)ccn1. The monoisotopic (exact) mass is 465 g/mol. The summed E-state index contributed by atoms with van der Waals surface area (Å²) >= 11 is 0. The molecule has 0 saturated carbocycles. The van der Waals surface area contributed by atoms with Crippen LogP contribution in [0.5, 0.6) is 0 Å². The Morgan fingerprint density at radius 1 is 0.857 bits per heavy atom. The quantitative estimate of drug-likeness (QED) is 0.408. The van der Waals surface area contributed by atoms with Gasteiger partial charge in [0.25, 0.3) is 0 Å². The van der Waals surface area contributed by atoms with E-state index in [1.165, 1.54) is 11.1 Å². The fourth-order valence-corrected chi connectivity index (χ4v) is 4.62. The summed E-state index contributed by atoms with van der Waals surface area (Å²) < 4.78 is 1.80. The smallest absolute Gasteiger partial charge is 0.205 e. The van der Waals surface area contributed by atoms with Crippen molar-refractivity contribution in [2.75, 3.05) is 32.7 Å². The van der Waals surface area contributed by atoms with Gasteiger partial charge in [0.05, 0.1) is 5.69 Å². The molecule has 3 heterocycles. The molecule has 35 heavy (non-hydrogen) atoms. The molecular formula is C28H31N7. The summed E-state index contributed by atoms with van der Waals surface area (Å²) in [5.41, 5.74) is 6.54. The first kappa shape index (κ1) is 23.1. The number of aryl methyl sites for hydroxylation is 2. The van der Waals surface area contributed by atoms with Crippen LogP contribution in [0.1, 0.15) is 22.3 Å². The molecule has 0 spiro atoms. The van der Waals surface area contributed by atoms with E-state index in [9.17, 15) is 0 Å². The highest BCUT2D eigenvalue weighted by Crippen LogP contribution is 2.24. The van der Waals surface area contributed by atoms with Crippen LogP contribution in [0.25, 0.3) is 23.3 Å². The lowest BCUT2D eigenvalue weighted by Crippen LogP contribution is -2.45. The van der Waals surface area contributed by atoms with Crippen LogP contribution in [0, 0.1) is 13.8 Å². The summed E-state index contributed by atoms with van der Waals surface area (Å²) in [6.07, 6.45) is 6.33. The van der Waals surface area contributed by atoms with Gasteiger partial charge in [-0.1, -0.05) is 60.7 Å². The fourth-order valence-electron chi connectivity index (χ4n) is 4.62. The number of benzene rings is 2. The molecule has 2 aromatic carbocycles. The average molecular weight is 466 g/mol. The molecule has 2 aromatic heterocycles. The van der Waals surface area contributed by atoms with Gasteiger partial charge in [-0.25, -0.2) is 0 Å². The third-order valence-electron chi connectivity index (χ3n) is 6.52. The van der Waals surface area contributed by atoms with E-state index < -0.39 is 0 Å². The molecule has 1 saturated heterocycles. The van der Waals surface area contributed by atoms with Crippen molar-refractivity contribution >= 4 is 6.08 Å². The van der Waals surface area contributed by atoms with Gasteiger partial charge in [0.1, 0.15) is 5.69 Å². The van der Waals surface area contributed by atoms with Crippen molar-refractivity contribution in [1.82, 2.24) is 35.0 Å². The molecule has 178 valence electrons. The normalized spacial score (nSPS) is 15.1. The highest BCUT2D eigenvalue weighted by molar-refractivity contribution is 5.56. The number of aromatic nitrogens is 5. The van der Waals surface area contributed by atoms with E-state index in [0.29, 0.717) is 5.82 Å². The maximum atomic E-state index is 4.59. The Morgan fingerprint density at radius 2 is 1.60 bits per heavy atom. The lowest BCUT2D eigenvalue weighted by molar-refractivity contribution is 0.137. The standard InChI is InChI=1S/C28H31N7/c1-22-8-6-9-23(2)27(22)35-28(30-31-32-35)26-20-25(13-14-29-26)21-34-18-16-33(17-19-34)15-7-12-24-10-4-3-5-11-24/h3-14,20H,15-19,21H2,1-2H3. The molecule has 1 aliphatic rings. The number of pyridine rings is 1. The minimum absolute atomic E-state index is 0.666. The van der Waals surface area contributed by atoms with Crippen LogP contribution in [0.3, 0.4) is 0 Å². The highest BCUT2D eigenvalue weighted by atomic mass is 15.5. The Labute approximate surface area is 206 Å². The van der Waals surface area contributed by atoms with E-state index in [2.05, 4.69) is 117 Å². The summed E-state index contributed by atoms with van der Waals surface area (Å²) in [6.45, 7) is 10.3. The number of piperazine rings is 1. The Hall–Kier alpha value is -3.68. The van der Waals surface area contributed by atoms with E-state index >= 15 is 0 Å². The van der Waals surface area contributed by atoms with Gasteiger partial charge in [-0.2, -0.15) is 4.68 Å². The van der Waals surface area contributed by atoms with Crippen molar-refractivity contribution in [2.45, 2.75) is 20.4 Å². The molecule has 1 aliphatic heterocycles. The molecule has 0 N–H and O–H groups in total. The second-order valence-corrected chi connectivity index (χ2v) is 9.09. The number of rotatable bonds is 7. The zero-order valence-electron chi connectivity index (χ0n) is 20.4. The first-order valence-electron chi connectivity index (χ1n) is 12.1. The predicted molar refractivity (Wildman–Crippen MR) is 139 cm³/mol. The molecule has 0 radical (unpaired) electrons. The topological polar surface area (TPSA) is 63.0 Å². The van der Waals surface area contributed by atoms with Crippen molar-refractivity contribution in [3.63, 3.8) is 0 Å². The highest BCUT2D eigenvalue weighted by Gasteiger charge is 2.18. The lowest BCUT2D eigenvalue weighted by atomic mass is 10.1. The summed E-state index contributed by atoms with van der Waals surface area (Å²) in [6, 6.07) is 20.9. The number of para-hydroxylation sites is 1. The van der Waals surface area contributed by atoms with Crippen LogP contribution < -0.4 is 0 Å². The Balaban J connectivity index is 1.22. The van der Waals surface area contributed by atoms with Crippen molar-refractivity contribution in [3.05, 3.63) is 95.2 Å². The van der Waals surface area contributed by atoms with Crippen molar-refractivity contribution in [1.29, 1.82) is 0 Å². The summed E-state index contributed by atoms with van der Waals surface area (Å²) in [5, 5.41) is 12.5. The van der Waals surface area contributed by atoms with E-state index in [1.54, 1.807) is 4.68 Å². The van der Waals surface area contributed by atoms with Gasteiger partial charge in [-0.15, -0.1) is 5.10 Å².